The molecular formula is C30H34Br2O6S2. The third kappa shape index (κ3) is 3.80. The molecule has 0 bridgehead atoms. The fraction of sp³-hybridized carbons (Fsp3) is 0.533. The van der Waals surface area contributed by atoms with E-state index in [1.54, 1.807) is 27.7 Å². The molecule has 4 aliphatic rings. The summed E-state index contributed by atoms with van der Waals surface area (Å²) in [6.07, 6.45) is 2.77. The van der Waals surface area contributed by atoms with Crippen molar-refractivity contribution >= 4 is 63.1 Å². The highest BCUT2D eigenvalue weighted by molar-refractivity contribution is 9.10. The van der Waals surface area contributed by atoms with E-state index in [4.69, 9.17) is 0 Å². The van der Waals surface area contributed by atoms with Gasteiger partial charge in [0.05, 0.1) is 18.4 Å². The van der Waals surface area contributed by atoms with E-state index in [2.05, 4.69) is 31.9 Å². The van der Waals surface area contributed by atoms with Crippen LogP contribution >= 0.6 is 31.9 Å². The number of Topliss-reactive ketones (excluding diaryl/α,β-unsaturated/α-hetero) is 2. The molecule has 0 radical (unpaired) electrons. The third-order valence-corrected chi connectivity index (χ3v) is 18.3. The van der Waals surface area contributed by atoms with Gasteiger partial charge in [-0.1, -0.05) is 67.3 Å². The lowest BCUT2D eigenvalue weighted by atomic mass is 10.1. The molecule has 0 aromatic heterocycles. The lowest BCUT2D eigenvalue weighted by Gasteiger charge is -2.18. The summed E-state index contributed by atoms with van der Waals surface area (Å²) in [4.78, 5) is 25.2. The van der Waals surface area contributed by atoms with Gasteiger partial charge in [-0.3, -0.25) is 9.59 Å². The predicted molar refractivity (Wildman–Crippen MR) is 162 cm³/mol. The summed E-state index contributed by atoms with van der Waals surface area (Å²) in [5, 5.41) is 0. The Morgan fingerprint density at radius 2 is 0.850 bits per heavy atom. The molecule has 0 heterocycles. The molecule has 0 N–H and O–H groups in total. The zero-order valence-corrected chi connectivity index (χ0v) is 28.4. The first kappa shape index (κ1) is 30.1. The van der Waals surface area contributed by atoms with Crippen LogP contribution in [0.5, 0.6) is 0 Å². The number of benzene rings is 2. The normalized spacial score (nSPS) is 32.3. The maximum absolute atomic E-state index is 13.1. The summed E-state index contributed by atoms with van der Waals surface area (Å²) in [5.41, 5.74) is 5.01. The van der Waals surface area contributed by atoms with Crippen molar-refractivity contribution in [2.75, 3.05) is 0 Å². The minimum atomic E-state index is -3.65. The van der Waals surface area contributed by atoms with Crippen LogP contribution < -0.4 is 0 Å². The molecular weight excluding hydrogens is 680 g/mol. The molecule has 4 saturated carbocycles. The maximum Gasteiger partial charge on any atom is 0.193 e. The minimum Gasteiger partial charge on any atom is -0.298 e. The van der Waals surface area contributed by atoms with E-state index in [9.17, 15) is 26.4 Å². The molecule has 2 aromatic rings. The number of fused-ring (bicyclic) bond motifs is 2. The molecule has 216 valence electrons. The Balaban J connectivity index is 0.000000161. The van der Waals surface area contributed by atoms with E-state index in [1.165, 1.54) is 0 Å². The molecule has 0 spiro atoms. The Labute approximate surface area is 253 Å². The lowest BCUT2D eigenvalue weighted by Crippen LogP contribution is -2.35. The van der Waals surface area contributed by atoms with Gasteiger partial charge in [-0.15, -0.1) is 0 Å². The van der Waals surface area contributed by atoms with E-state index in [-0.39, 0.29) is 11.6 Å². The predicted octanol–water partition coefficient (Wildman–Crippen LogP) is 6.05. The van der Waals surface area contributed by atoms with E-state index in [0.29, 0.717) is 48.3 Å². The number of hydrogen-bond acceptors (Lipinski definition) is 6. The van der Waals surface area contributed by atoms with Gasteiger partial charge >= 0.3 is 0 Å². The van der Waals surface area contributed by atoms with Crippen molar-refractivity contribution in [3.05, 3.63) is 57.6 Å². The summed E-state index contributed by atoms with van der Waals surface area (Å²) in [6.45, 7) is 11.1. The number of halogens is 2. The van der Waals surface area contributed by atoms with Crippen LogP contribution in [-0.4, -0.2) is 46.5 Å². The Morgan fingerprint density at radius 1 is 0.575 bits per heavy atom. The first-order valence-electron chi connectivity index (χ1n) is 13.4. The number of hydrogen-bond donors (Lipinski definition) is 0. The van der Waals surface area contributed by atoms with Crippen LogP contribution in [0.25, 0.3) is 0 Å². The topological polar surface area (TPSA) is 102 Å². The van der Waals surface area contributed by atoms with E-state index in [0.717, 1.165) is 33.4 Å². The zero-order chi connectivity index (χ0) is 29.8. The monoisotopic (exact) mass is 712 g/mol. The summed E-state index contributed by atoms with van der Waals surface area (Å²) in [7, 11) is -7.29. The van der Waals surface area contributed by atoms with Gasteiger partial charge in [0, 0.05) is 12.8 Å². The average molecular weight is 715 g/mol. The van der Waals surface area contributed by atoms with Gasteiger partial charge in [0.1, 0.15) is 0 Å². The molecule has 6 nitrogen and oxygen atoms in total. The number of ketones is 2. The lowest BCUT2D eigenvalue weighted by molar-refractivity contribution is -0.119. The molecule has 2 aromatic carbocycles. The molecule has 4 fully saturated rings. The largest absolute Gasteiger partial charge is 0.298 e. The second kappa shape index (κ2) is 9.07. The smallest absolute Gasteiger partial charge is 0.193 e. The molecule has 40 heavy (non-hydrogen) atoms. The van der Waals surface area contributed by atoms with Gasteiger partial charge in [-0.05, 0) is 89.5 Å². The summed E-state index contributed by atoms with van der Waals surface area (Å²) >= 11 is 7.02. The molecule has 4 atom stereocenters. The van der Waals surface area contributed by atoms with E-state index >= 15 is 0 Å². The van der Waals surface area contributed by atoms with E-state index in [1.807, 2.05) is 38.1 Å². The highest BCUT2D eigenvalue weighted by Gasteiger charge is 2.81. The van der Waals surface area contributed by atoms with Gasteiger partial charge < -0.3 is 0 Å². The molecule has 4 aliphatic carbocycles. The van der Waals surface area contributed by atoms with Crippen molar-refractivity contribution in [2.45, 2.75) is 108 Å². The second-order valence-corrected chi connectivity index (χ2v) is 19.5. The summed E-state index contributed by atoms with van der Waals surface area (Å²) < 4.78 is 49.0. The van der Waals surface area contributed by atoms with Crippen molar-refractivity contribution in [3.8, 4) is 0 Å². The molecule has 0 unspecified atom stereocenters. The van der Waals surface area contributed by atoms with Crippen molar-refractivity contribution < 1.29 is 26.4 Å². The third-order valence-electron chi connectivity index (χ3n) is 9.32. The molecule has 0 aliphatic heterocycles. The first-order chi connectivity index (χ1) is 18.3. The van der Waals surface area contributed by atoms with Gasteiger partial charge in [-0.2, -0.15) is 0 Å². The number of sulfone groups is 2. The molecule has 10 heteroatoms. The van der Waals surface area contributed by atoms with Crippen LogP contribution in [-0.2, 0) is 29.3 Å². The second-order valence-electron chi connectivity index (χ2n) is 12.2. The molecule has 0 saturated heterocycles. The summed E-state index contributed by atoms with van der Waals surface area (Å²) in [6, 6.07) is 7.48. The Bertz CT molecular complexity index is 1560. The minimum absolute atomic E-state index is 0.131. The molecule has 6 rings (SSSR count). The van der Waals surface area contributed by atoms with Crippen molar-refractivity contribution in [3.63, 3.8) is 0 Å². The Morgan fingerprint density at radius 3 is 1.05 bits per heavy atom. The first-order valence-corrected chi connectivity index (χ1v) is 18.0. The fourth-order valence-corrected chi connectivity index (χ4v) is 16.3. The number of alkyl halides is 2. The number of carbonyl (C=O) groups is 2. The van der Waals surface area contributed by atoms with Crippen LogP contribution in [0.2, 0.25) is 0 Å². The van der Waals surface area contributed by atoms with E-state index < -0.39 is 37.8 Å². The average Bonchev–Trinajstić information content (AvgIpc) is 3.59. The Hall–Kier alpha value is -1.36. The summed E-state index contributed by atoms with van der Waals surface area (Å²) in [5.74, 6) is -0.262. The standard InChI is InChI=1S/2C15H17BrO3S/c2*1-9-6-10(2)13(11(3)7-9)20(18,19)15-8-14(15,16)5-4-12(15)17/h2*6-7H,4-5,8H2,1-3H3/t2*14-,15-/m00/s1. The van der Waals surface area contributed by atoms with Crippen LogP contribution in [0.1, 0.15) is 71.9 Å². The van der Waals surface area contributed by atoms with Crippen molar-refractivity contribution in [1.29, 1.82) is 0 Å². The van der Waals surface area contributed by atoms with Gasteiger partial charge in [-0.25, -0.2) is 16.8 Å². The van der Waals surface area contributed by atoms with Crippen LogP contribution in [0.4, 0.5) is 0 Å². The number of carbonyl (C=O) groups excluding carboxylic acids is 2. The van der Waals surface area contributed by atoms with Crippen LogP contribution in [0.3, 0.4) is 0 Å². The van der Waals surface area contributed by atoms with Crippen molar-refractivity contribution in [1.82, 2.24) is 0 Å². The molecule has 0 amide bonds. The number of aryl methyl sites for hydroxylation is 6. The zero-order valence-electron chi connectivity index (χ0n) is 23.6. The quantitative estimate of drug-likeness (QED) is 0.358. The maximum atomic E-state index is 13.1. The SMILES string of the molecule is Cc1cc(C)c(S(=O)(=O)[C@]23C[C@@]2(Br)CCC3=O)c(C)c1.Cc1cc(C)c(S(=O)(=O)[C@]23C[C@@]2(Br)CCC3=O)c(C)c1. The van der Waals surface area contributed by atoms with Crippen LogP contribution in [0.15, 0.2) is 34.1 Å². The number of rotatable bonds is 4. The van der Waals surface area contributed by atoms with Crippen molar-refractivity contribution in [2.24, 2.45) is 0 Å². The fourth-order valence-electron chi connectivity index (χ4n) is 7.51. The highest BCUT2D eigenvalue weighted by Crippen LogP contribution is 2.69. The van der Waals surface area contributed by atoms with Crippen LogP contribution in [0, 0.1) is 41.5 Å². The van der Waals surface area contributed by atoms with Gasteiger partial charge in [0.25, 0.3) is 0 Å². The highest BCUT2D eigenvalue weighted by atomic mass is 79.9. The van der Waals surface area contributed by atoms with Gasteiger partial charge in [0.2, 0.25) is 0 Å². The Kier molecular flexibility index (Phi) is 6.83. The van der Waals surface area contributed by atoms with Gasteiger partial charge in [0.15, 0.2) is 40.7 Å².